The van der Waals surface area contributed by atoms with Gasteiger partial charge in [0, 0.05) is 18.2 Å². The largest absolute Gasteiger partial charge is 0.508 e. The highest BCUT2D eigenvalue weighted by atomic mass is 19.3. The molecule has 4 nitrogen and oxygen atoms in total. The van der Waals surface area contributed by atoms with Crippen molar-refractivity contribution in [2.45, 2.75) is 20.5 Å². The average Bonchev–Trinajstić information content (AvgIpc) is 2.23. The van der Waals surface area contributed by atoms with Gasteiger partial charge < -0.3 is 15.2 Å². The molecule has 0 aliphatic carbocycles. The Morgan fingerprint density at radius 2 is 2.06 bits per heavy atom. The van der Waals surface area contributed by atoms with Crippen LogP contribution in [0.25, 0.3) is 0 Å². The van der Waals surface area contributed by atoms with Crippen LogP contribution < -0.4 is 10.1 Å². The maximum absolute atomic E-state index is 12.0. The fourth-order valence-corrected chi connectivity index (χ4v) is 1.28. The van der Waals surface area contributed by atoms with Gasteiger partial charge in [-0.1, -0.05) is 13.8 Å². The third-order valence-electron chi connectivity index (χ3n) is 2.05. The first-order chi connectivity index (χ1) is 8.38. The Bertz CT molecular complexity index is 422. The summed E-state index contributed by atoms with van der Waals surface area (Å²) in [6.07, 6.45) is 0. The number of ether oxygens (including phenoxy) is 1. The summed E-state index contributed by atoms with van der Waals surface area (Å²) in [6, 6.07) is 3.36. The van der Waals surface area contributed by atoms with Gasteiger partial charge in [0.15, 0.2) is 0 Å². The second kappa shape index (κ2) is 6.18. The molecule has 0 saturated heterocycles. The van der Waals surface area contributed by atoms with E-state index in [1.54, 1.807) is 0 Å². The molecule has 100 valence electrons. The molecule has 0 unspecified atom stereocenters. The molecule has 1 aromatic rings. The molecular weight excluding hydrogens is 244 g/mol. The molecule has 0 atom stereocenters. The van der Waals surface area contributed by atoms with Crippen LogP contribution in [0, 0.1) is 5.92 Å². The van der Waals surface area contributed by atoms with Crippen LogP contribution in [0.2, 0.25) is 0 Å². The molecule has 2 N–H and O–H groups in total. The zero-order valence-corrected chi connectivity index (χ0v) is 10.1. The van der Waals surface area contributed by atoms with Crippen LogP contribution in [0.4, 0.5) is 8.78 Å². The van der Waals surface area contributed by atoms with Gasteiger partial charge in [0.25, 0.3) is 5.91 Å². The zero-order chi connectivity index (χ0) is 13.7. The Labute approximate surface area is 104 Å². The summed E-state index contributed by atoms with van der Waals surface area (Å²) in [4.78, 5) is 11.7. The van der Waals surface area contributed by atoms with E-state index in [9.17, 15) is 18.7 Å². The lowest BCUT2D eigenvalue weighted by Crippen LogP contribution is -2.27. The maximum atomic E-state index is 12.0. The van der Waals surface area contributed by atoms with Gasteiger partial charge >= 0.3 is 6.61 Å². The van der Waals surface area contributed by atoms with Gasteiger partial charge in [-0.15, -0.1) is 0 Å². The van der Waals surface area contributed by atoms with Crippen LogP contribution in [0.3, 0.4) is 0 Å². The van der Waals surface area contributed by atoms with Crippen LogP contribution in [0.5, 0.6) is 11.5 Å². The number of carbonyl (C=O) groups is 1. The predicted octanol–water partition coefficient (Wildman–Crippen LogP) is 2.38. The van der Waals surface area contributed by atoms with Gasteiger partial charge in [0.1, 0.15) is 11.5 Å². The first kappa shape index (κ1) is 14.2. The van der Waals surface area contributed by atoms with Crippen LogP contribution in [-0.4, -0.2) is 24.2 Å². The lowest BCUT2D eigenvalue weighted by atomic mass is 10.1. The van der Waals surface area contributed by atoms with Crippen LogP contribution >= 0.6 is 0 Å². The van der Waals surface area contributed by atoms with Gasteiger partial charge in [-0.2, -0.15) is 8.78 Å². The average molecular weight is 259 g/mol. The van der Waals surface area contributed by atoms with Crippen molar-refractivity contribution < 1.29 is 23.4 Å². The van der Waals surface area contributed by atoms with E-state index in [1.807, 2.05) is 13.8 Å². The second-order valence-corrected chi connectivity index (χ2v) is 4.20. The molecule has 0 heterocycles. The molecule has 18 heavy (non-hydrogen) atoms. The minimum atomic E-state index is -3.00. The Balaban J connectivity index is 2.81. The lowest BCUT2D eigenvalue weighted by Gasteiger charge is -2.10. The maximum Gasteiger partial charge on any atom is 0.387 e. The SMILES string of the molecule is CC(C)CNC(=O)c1cc(O)cc(OC(F)F)c1. The number of carbonyl (C=O) groups excluding carboxylic acids is 1. The first-order valence-electron chi connectivity index (χ1n) is 5.45. The van der Waals surface area contributed by atoms with Crippen molar-refractivity contribution in [3.8, 4) is 11.5 Å². The van der Waals surface area contributed by atoms with E-state index in [0.717, 1.165) is 12.1 Å². The van der Waals surface area contributed by atoms with Gasteiger partial charge in [0.05, 0.1) is 0 Å². The monoisotopic (exact) mass is 259 g/mol. The van der Waals surface area contributed by atoms with Crippen LogP contribution in [-0.2, 0) is 0 Å². The van der Waals surface area contributed by atoms with Crippen LogP contribution in [0.15, 0.2) is 18.2 Å². The molecule has 0 fully saturated rings. The van der Waals surface area contributed by atoms with Gasteiger partial charge in [-0.25, -0.2) is 0 Å². The van der Waals surface area contributed by atoms with E-state index in [4.69, 9.17) is 0 Å². The molecule has 1 amide bonds. The van der Waals surface area contributed by atoms with Crippen molar-refractivity contribution in [2.24, 2.45) is 5.92 Å². The van der Waals surface area contributed by atoms with E-state index in [2.05, 4.69) is 10.1 Å². The van der Waals surface area contributed by atoms with Crippen molar-refractivity contribution in [1.82, 2.24) is 5.32 Å². The highest BCUT2D eigenvalue weighted by molar-refractivity contribution is 5.95. The Morgan fingerprint density at radius 1 is 1.39 bits per heavy atom. The standard InChI is InChI=1S/C12H15F2NO3/c1-7(2)6-15-11(17)8-3-9(16)5-10(4-8)18-12(13)14/h3-5,7,12,16H,6H2,1-2H3,(H,15,17). The summed E-state index contributed by atoms with van der Waals surface area (Å²) in [5, 5.41) is 11.9. The highest BCUT2D eigenvalue weighted by Crippen LogP contribution is 2.23. The third-order valence-corrected chi connectivity index (χ3v) is 2.05. The molecule has 0 bridgehead atoms. The van der Waals surface area contributed by atoms with Crippen molar-refractivity contribution >= 4 is 5.91 Å². The quantitative estimate of drug-likeness (QED) is 0.853. The van der Waals surface area contributed by atoms with E-state index >= 15 is 0 Å². The number of amides is 1. The Morgan fingerprint density at radius 3 is 2.61 bits per heavy atom. The molecule has 0 aliphatic heterocycles. The summed E-state index contributed by atoms with van der Waals surface area (Å²) >= 11 is 0. The predicted molar refractivity (Wildman–Crippen MR) is 61.9 cm³/mol. The van der Waals surface area contributed by atoms with E-state index in [-0.39, 0.29) is 23.0 Å². The number of hydrogen-bond donors (Lipinski definition) is 2. The minimum absolute atomic E-state index is 0.0753. The molecule has 0 aliphatic rings. The van der Waals surface area contributed by atoms with Crippen molar-refractivity contribution in [1.29, 1.82) is 0 Å². The molecule has 0 aromatic heterocycles. The van der Waals surface area contributed by atoms with Crippen molar-refractivity contribution in [2.75, 3.05) is 6.54 Å². The third kappa shape index (κ3) is 4.57. The van der Waals surface area contributed by atoms with Crippen LogP contribution in [0.1, 0.15) is 24.2 Å². The topological polar surface area (TPSA) is 58.6 Å². The van der Waals surface area contributed by atoms with Crippen molar-refractivity contribution in [3.05, 3.63) is 23.8 Å². The fourth-order valence-electron chi connectivity index (χ4n) is 1.28. The molecular formula is C12H15F2NO3. The van der Waals surface area contributed by atoms with Gasteiger partial charge in [-0.05, 0) is 18.1 Å². The van der Waals surface area contributed by atoms with E-state index in [0.29, 0.717) is 6.54 Å². The summed E-state index contributed by atoms with van der Waals surface area (Å²) in [7, 11) is 0. The molecule has 0 radical (unpaired) electrons. The normalized spacial score (nSPS) is 10.8. The Kier molecular flexibility index (Phi) is 4.88. The van der Waals surface area contributed by atoms with E-state index in [1.165, 1.54) is 6.07 Å². The number of halogens is 2. The number of phenolic OH excluding ortho intramolecular Hbond substituents is 1. The Hall–Kier alpha value is -1.85. The molecule has 0 spiro atoms. The number of hydrogen-bond acceptors (Lipinski definition) is 3. The zero-order valence-electron chi connectivity index (χ0n) is 10.1. The summed E-state index contributed by atoms with van der Waals surface area (Å²) in [5.74, 6) is -0.732. The number of phenols is 1. The summed E-state index contributed by atoms with van der Waals surface area (Å²) in [6.45, 7) is 1.31. The highest BCUT2D eigenvalue weighted by Gasteiger charge is 2.12. The van der Waals surface area contributed by atoms with Gasteiger partial charge in [-0.3, -0.25) is 4.79 Å². The summed E-state index contributed by atoms with van der Waals surface area (Å²) < 4.78 is 28.2. The number of alkyl halides is 2. The molecule has 1 rings (SSSR count). The number of aromatic hydroxyl groups is 1. The second-order valence-electron chi connectivity index (χ2n) is 4.20. The molecule has 6 heteroatoms. The minimum Gasteiger partial charge on any atom is -0.508 e. The number of nitrogens with one attached hydrogen (secondary N) is 1. The molecule has 1 aromatic carbocycles. The number of rotatable bonds is 5. The summed E-state index contributed by atoms with van der Waals surface area (Å²) in [5.41, 5.74) is 0.0753. The van der Waals surface area contributed by atoms with Gasteiger partial charge in [0.2, 0.25) is 0 Å². The number of benzene rings is 1. The molecule has 0 saturated carbocycles. The lowest BCUT2D eigenvalue weighted by molar-refractivity contribution is -0.0499. The van der Waals surface area contributed by atoms with E-state index < -0.39 is 12.5 Å². The van der Waals surface area contributed by atoms with Crippen molar-refractivity contribution in [3.63, 3.8) is 0 Å². The fraction of sp³-hybridized carbons (Fsp3) is 0.417. The first-order valence-corrected chi connectivity index (χ1v) is 5.45. The smallest absolute Gasteiger partial charge is 0.387 e.